The van der Waals surface area contributed by atoms with Crippen LogP contribution in [-0.4, -0.2) is 86.9 Å². The lowest BCUT2D eigenvalue weighted by molar-refractivity contribution is 0.0186. The Labute approximate surface area is 267 Å². The number of hydrogen-bond donors (Lipinski definition) is 3. The first-order chi connectivity index (χ1) is 22.2. The summed E-state index contributed by atoms with van der Waals surface area (Å²) in [6.45, 7) is 9.38. The van der Waals surface area contributed by atoms with E-state index >= 15 is 0 Å². The lowest BCUT2D eigenvalue weighted by atomic mass is 10.1. The molecule has 2 aliphatic rings. The zero-order valence-corrected chi connectivity index (χ0v) is 26.4. The molecule has 0 bridgehead atoms. The minimum atomic E-state index is -0.538. The number of nitrogens with one attached hydrogen (secondary N) is 2. The highest BCUT2D eigenvalue weighted by Crippen LogP contribution is 2.32. The number of likely N-dealkylation sites (tertiary alicyclic amines) is 1. The predicted molar refractivity (Wildman–Crippen MR) is 175 cm³/mol. The van der Waals surface area contributed by atoms with Crippen molar-refractivity contribution in [1.82, 2.24) is 24.6 Å². The van der Waals surface area contributed by atoms with Crippen molar-refractivity contribution in [3.8, 4) is 11.4 Å². The Balaban J connectivity index is 1.22. The minimum absolute atomic E-state index is 0.0546. The molecule has 6 rings (SSSR count). The average molecular weight is 629 g/mol. The van der Waals surface area contributed by atoms with Gasteiger partial charge in [-0.1, -0.05) is 12.1 Å². The van der Waals surface area contributed by atoms with Crippen molar-refractivity contribution in [2.45, 2.75) is 51.9 Å². The first-order valence-corrected chi connectivity index (χ1v) is 15.6. The summed E-state index contributed by atoms with van der Waals surface area (Å²) in [7, 11) is 0. The molecule has 2 aromatic carbocycles. The number of anilines is 3. The lowest BCUT2D eigenvalue weighted by Crippen LogP contribution is -2.42. The van der Waals surface area contributed by atoms with Gasteiger partial charge in [-0.05, 0) is 75.6 Å². The normalized spacial score (nSPS) is 16.0. The number of hydrogen-bond acceptors (Lipinski definition) is 9. The van der Waals surface area contributed by atoms with Crippen molar-refractivity contribution in [3.05, 3.63) is 60.3 Å². The lowest BCUT2D eigenvalue weighted by Gasteiger charge is -2.33. The minimum Gasteiger partial charge on any atom is -0.444 e. The summed E-state index contributed by atoms with van der Waals surface area (Å²) in [5.74, 6) is 1.37. The highest BCUT2D eigenvalue weighted by molar-refractivity contribution is 5.99. The summed E-state index contributed by atoms with van der Waals surface area (Å²) in [5.41, 5.74) is 3.01. The van der Waals surface area contributed by atoms with Gasteiger partial charge in [0, 0.05) is 43.1 Å². The van der Waals surface area contributed by atoms with Crippen LogP contribution in [0.2, 0.25) is 0 Å². The summed E-state index contributed by atoms with van der Waals surface area (Å²) in [6, 6.07) is 14.1. The van der Waals surface area contributed by atoms with Crippen molar-refractivity contribution in [3.63, 3.8) is 0 Å². The number of morpholine rings is 1. The van der Waals surface area contributed by atoms with Crippen LogP contribution in [0.1, 0.15) is 45.2 Å². The maximum absolute atomic E-state index is 12.6. The number of ether oxygens (including phenoxy) is 2. The van der Waals surface area contributed by atoms with E-state index in [0.717, 1.165) is 40.8 Å². The van der Waals surface area contributed by atoms with Gasteiger partial charge in [-0.25, -0.2) is 24.2 Å². The Morgan fingerprint density at radius 2 is 1.57 bits per heavy atom. The summed E-state index contributed by atoms with van der Waals surface area (Å²) >= 11 is 0. The van der Waals surface area contributed by atoms with Gasteiger partial charge >= 0.3 is 12.1 Å². The maximum Gasteiger partial charge on any atom is 0.410 e. The number of aliphatic hydroxyl groups excluding tert-OH is 1. The molecule has 4 aromatic rings. The SMILES string of the molecule is CC(C)(C)OC(=O)N1CCC(n2ncc3c(N4CCOCC4)nc(-c4ccc(NC(=O)Nc5ccc(CO)cc5)cc4)nc32)CC1. The molecular formula is C33H40N8O5. The molecule has 3 amide bonds. The molecule has 13 heteroatoms. The van der Waals surface area contributed by atoms with Gasteiger partial charge in [0.15, 0.2) is 11.5 Å². The molecule has 2 saturated heterocycles. The molecule has 0 spiro atoms. The molecule has 0 radical (unpaired) electrons. The topological polar surface area (TPSA) is 147 Å². The second-order valence-corrected chi connectivity index (χ2v) is 12.5. The van der Waals surface area contributed by atoms with E-state index in [1.807, 2.05) is 55.9 Å². The van der Waals surface area contributed by atoms with Gasteiger partial charge in [-0.3, -0.25) is 0 Å². The number of nitrogens with zero attached hydrogens (tertiary/aromatic N) is 6. The molecule has 0 saturated carbocycles. The first-order valence-electron chi connectivity index (χ1n) is 15.6. The first kappa shape index (κ1) is 31.2. The van der Waals surface area contributed by atoms with Gasteiger partial charge in [0.05, 0.1) is 37.4 Å². The molecule has 242 valence electrons. The number of urea groups is 1. The number of piperidine rings is 1. The Kier molecular flexibility index (Phi) is 9.04. The van der Waals surface area contributed by atoms with Crippen LogP contribution in [0.25, 0.3) is 22.4 Å². The molecule has 13 nitrogen and oxygen atoms in total. The Hall–Kier alpha value is -4.75. The average Bonchev–Trinajstić information content (AvgIpc) is 3.49. The van der Waals surface area contributed by atoms with Gasteiger partial charge < -0.3 is 35.0 Å². The summed E-state index contributed by atoms with van der Waals surface area (Å²) in [4.78, 5) is 39.2. The molecular weight excluding hydrogens is 588 g/mol. The van der Waals surface area contributed by atoms with E-state index in [4.69, 9.17) is 24.5 Å². The summed E-state index contributed by atoms with van der Waals surface area (Å²) in [5, 5.41) is 20.5. The van der Waals surface area contributed by atoms with Crippen LogP contribution in [0.5, 0.6) is 0 Å². The molecule has 4 heterocycles. The maximum atomic E-state index is 12.6. The fourth-order valence-corrected chi connectivity index (χ4v) is 5.63. The van der Waals surface area contributed by atoms with Crippen LogP contribution in [0, 0.1) is 0 Å². The smallest absolute Gasteiger partial charge is 0.410 e. The van der Waals surface area contributed by atoms with Gasteiger partial charge in [-0.2, -0.15) is 5.10 Å². The third kappa shape index (κ3) is 7.21. The second kappa shape index (κ2) is 13.3. The molecule has 3 N–H and O–H groups in total. The van der Waals surface area contributed by atoms with Gasteiger partial charge in [0.1, 0.15) is 11.4 Å². The summed E-state index contributed by atoms with van der Waals surface area (Å²) < 4.78 is 13.2. The Bertz CT molecular complexity index is 1670. The van der Waals surface area contributed by atoms with E-state index in [1.165, 1.54) is 0 Å². The zero-order chi connectivity index (χ0) is 32.3. The molecule has 2 fully saturated rings. The van der Waals surface area contributed by atoms with E-state index in [2.05, 4.69) is 15.5 Å². The molecule has 0 unspecified atom stereocenters. The van der Waals surface area contributed by atoms with Crippen molar-refractivity contribution in [1.29, 1.82) is 0 Å². The number of carbonyl (C=O) groups excluding carboxylic acids is 2. The Morgan fingerprint density at radius 3 is 2.17 bits per heavy atom. The largest absolute Gasteiger partial charge is 0.444 e. The number of aromatic nitrogens is 4. The van der Waals surface area contributed by atoms with Crippen molar-refractivity contribution in [2.75, 3.05) is 54.9 Å². The van der Waals surface area contributed by atoms with Crippen LogP contribution in [-0.2, 0) is 16.1 Å². The van der Waals surface area contributed by atoms with Crippen LogP contribution < -0.4 is 15.5 Å². The van der Waals surface area contributed by atoms with Gasteiger partial charge in [-0.15, -0.1) is 0 Å². The van der Waals surface area contributed by atoms with E-state index in [0.29, 0.717) is 56.6 Å². The van der Waals surface area contributed by atoms with Crippen LogP contribution in [0.15, 0.2) is 54.7 Å². The highest BCUT2D eigenvalue weighted by Gasteiger charge is 2.30. The molecule has 0 atom stereocenters. The van der Waals surface area contributed by atoms with Crippen LogP contribution in [0.4, 0.5) is 26.8 Å². The molecule has 2 aromatic heterocycles. The number of rotatable bonds is 6. The number of carbonyl (C=O) groups is 2. The molecule has 0 aliphatic carbocycles. The van der Waals surface area contributed by atoms with Crippen molar-refractivity contribution in [2.24, 2.45) is 0 Å². The number of amides is 3. The van der Waals surface area contributed by atoms with Crippen molar-refractivity contribution >= 4 is 40.4 Å². The van der Waals surface area contributed by atoms with E-state index in [-0.39, 0.29) is 24.8 Å². The standard InChI is InChI=1S/C33H40N8O5/c1-33(2,3)46-32(44)40-14-12-26(13-15-40)41-30-27(20-34-41)29(39-16-18-45-19-17-39)37-28(38-30)23-6-10-25(11-7-23)36-31(43)35-24-8-4-22(21-42)5-9-24/h4-11,20,26,42H,12-19,21H2,1-3H3,(H2,35,36,43). The highest BCUT2D eigenvalue weighted by atomic mass is 16.6. The third-order valence-electron chi connectivity index (χ3n) is 8.00. The quantitative estimate of drug-likeness (QED) is 0.267. The number of aliphatic hydroxyl groups is 1. The fraction of sp³-hybridized carbons (Fsp3) is 0.424. The summed E-state index contributed by atoms with van der Waals surface area (Å²) in [6.07, 6.45) is 3.02. The fourth-order valence-electron chi connectivity index (χ4n) is 5.63. The van der Waals surface area contributed by atoms with Gasteiger partial charge in [0.25, 0.3) is 0 Å². The molecule has 46 heavy (non-hydrogen) atoms. The molecule has 2 aliphatic heterocycles. The van der Waals surface area contributed by atoms with E-state index in [1.54, 1.807) is 29.2 Å². The number of fused-ring (bicyclic) bond motifs is 1. The number of benzene rings is 2. The zero-order valence-electron chi connectivity index (χ0n) is 26.4. The van der Waals surface area contributed by atoms with Crippen LogP contribution >= 0.6 is 0 Å². The monoisotopic (exact) mass is 628 g/mol. The van der Waals surface area contributed by atoms with Crippen molar-refractivity contribution < 1.29 is 24.2 Å². The van der Waals surface area contributed by atoms with E-state index < -0.39 is 5.60 Å². The van der Waals surface area contributed by atoms with Crippen LogP contribution in [0.3, 0.4) is 0 Å². The Morgan fingerprint density at radius 1 is 0.935 bits per heavy atom. The third-order valence-corrected chi connectivity index (χ3v) is 8.00. The van der Waals surface area contributed by atoms with E-state index in [9.17, 15) is 14.7 Å². The van der Waals surface area contributed by atoms with Gasteiger partial charge in [0.2, 0.25) is 0 Å². The second-order valence-electron chi connectivity index (χ2n) is 12.5. The predicted octanol–water partition coefficient (Wildman–Crippen LogP) is 5.04.